The Bertz CT molecular complexity index is 623. The van der Waals surface area contributed by atoms with E-state index in [1.54, 1.807) is 18.5 Å². The van der Waals surface area contributed by atoms with Crippen molar-refractivity contribution in [3.63, 3.8) is 0 Å². The minimum Gasteiger partial charge on any atom is -0.323 e. The average molecular weight is 233 g/mol. The monoisotopic (exact) mass is 233 g/mol. The first-order valence-corrected chi connectivity index (χ1v) is 4.93. The molecule has 2 rings (SSSR count). The standard InChI is InChI=1S/C12H9F2N3/c1-7-16-12(11(6-15)17(7)2)9-4-3-8(13)5-10(9)14/h3-5H,1-2H3. The number of aromatic nitrogens is 2. The van der Waals surface area contributed by atoms with E-state index >= 15 is 0 Å². The summed E-state index contributed by atoms with van der Waals surface area (Å²) in [5, 5.41) is 9.01. The SMILES string of the molecule is Cc1nc(-c2ccc(F)cc2F)c(C#N)n1C. The van der Waals surface area contributed by atoms with Gasteiger partial charge in [-0.05, 0) is 19.1 Å². The summed E-state index contributed by atoms with van der Waals surface area (Å²) in [6.45, 7) is 1.71. The maximum Gasteiger partial charge on any atom is 0.148 e. The average Bonchev–Trinajstić information content (AvgIpc) is 2.55. The Kier molecular flexibility index (Phi) is 2.64. The molecule has 0 saturated carbocycles. The molecule has 1 aromatic carbocycles. The fourth-order valence-electron chi connectivity index (χ4n) is 1.61. The van der Waals surface area contributed by atoms with Crippen molar-refractivity contribution in [2.75, 3.05) is 0 Å². The zero-order valence-electron chi connectivity index (χ0n) is 9.33. The van der Waals surface area contributed by atoms with Gasteiger partial charge in [0.15, 0.2) is 0 Å². The van der Waals surface area contributed by atoms with Crippen LogP contribution in [0.25, 0.3) is 11.3 Å². The van der Waals surface area contributed by atoms with Crippen molar-refractivity contribution in [3.8, 4) is 17.3 Å². The summed E-state index contributed by atoms with van der Waals surface area (Å²) in [4.78, 5) is 4.12. The molecular weight excluding hydrogens is 224 g/mol. The van der Waals surface area contributed by atoms with E-state index in [4.69, 9.17) is 5.26 Å². The van der Waals surface area contributed by atoms with Crippen molar-refractivity contribution < 1.29 is 8.78 Å². The van der Waals surface area contributed by atoms with Crippen LogP contribution in [-0.2, 0) is 7.05 Å². The number of benzene rings is 1. The number of halogens is 2. The predicted molar refractivity (Wildman–Crippen MR) is 58.0 cm³/mol. The third kappa shape index (κ3) is 1.78. The van der Waals surface area contributed by atoms with E-state index in [9.17, 15) is 8.78 Å². The quantitative estimate of drug-likeness (QED) is 0.759. The predicted octanol–water partition coefficient (Wildman–Crippen LogP) is 2.55. The van der Waals surface area contributed by atoms with Gasteiger partial charge in [-0.2, -0.15) is 5.26 Å². The second-order valence-electron chi connectivity index (χ2n) is 3.65. The van der Waals surface area contributed by atoms with Crippen molar-refractivity contribution in [3.05, 3.63) is 41.4 Å². The Labute approximate surface area is 96.9 Å². The minimum atomic E-state index is -0.723. The highest BCUT2D eigenvalue weighted by Gasteiger charge is 2.17. The van der Waals surface area contributed by atoms with Gasteiger partial charge in [0, 0.05) is 18.7 Å². The smallest absolute Gasteiger partial charge is 0.148 e. The molecule has 5 heteroatoms. The topological polar surface area (TPSA) is 41.6 Å². The van der Waals surface area contributed by atoms with Crippen molar-refractivity contribution in [1.82, 2.24) is 9.55 Å². The van der Waals surface area contributed by atoms with Crippen molar-refractivity contribution in [2.45, 2.75) is 6.92 Å². The highest BCUT2D eigenvalue weighted by Crippen LogP contribution is 2.26. The summed E-state index contributed by atoms with van der Waals surface area (Å²) in [5.41, 5.74) is 0.629. The van der Waals surface area contributed by atoms with E-state index in [0.29, 0.717) is 5.82 Å². The van der Waals surface area contributed by atoms with Crippen LogP contribution in [0.15, 0.2) is 18.2 Å². The summed E-state index contributed by atoms with van der Waals surface area (Å²) < 4.78 is 28.0. The summed E-state index contributed by atoms with van der Waals surface area (Å²) in [6.07, 6.45) is 0. The molecule has 86 valence electrons. The molecule has 1 aromatic heterocycles. The zero-order chi connectivity index (χ0) is 12.6. The molecule has 0 radical (unpaired) electrons. The van der Waals surface area contributed by atoms with Crippen LogP contribution in [0.1, 0.15) is 11.5 Å². The molecule has 17 heavy (non-hydrogen) atoms. The van der Waals surface area contributed by atoms with E-state index in [0.717, 1.165) is 12.1 Å². The van der Waals surface area contributed by atoms with Gasteiger partial charge in [-0.1, -0.05) is 0 Å². The molecule has 0 amide bonds. The van der Waals surface area contributed by atoms with Crippen molar-refractivity contribution in [2.24, 2.45) is 7.05 Å². The molecule has 1 heterocycles. The highest BCUT2D eigenvalue weighted by molar-refractivity contribution is 5.66. The maximum atomic E-state index is 13.6. The van der Waals surface area contributed by atoms with Crippen LogP contribution in [0.5, 0.6) is 0 Å². The fraction of sp³-hybridized carbons (Fsp3) is 0.167. The van der Waals surface area contributed by atoms with Crippen LogP contribution in [0.4, 0.5) is 8.78 Å². The number of imidazole rings is 1. The number of nitrogens with zero attached hydrogens (tertiary/aromatic N) is 3. The van der Waals surface area contributed by atoms with E-state index in [2.05, 4.69) is 4.98 Å². The highest BCUT2D eigenvalue weighted by atomic mass is 19.1. The molecule has 0 spiro atoms. The third-order valence-electron chi connectivity index (χ3n) is 2.61. The van der Waals surface area contributed by atoms with E-state index in [1.807, 2.05) is 6.07 Å². The Morgan fingerprint density at radius 3 is 2.65 bits per heavy atom. The Morgan fingerprint density at radius 1 is 1.35 bits per heavy atom. The van der Waals surface area contributed by atoms with Crippen LogP contribution in [0.2, 0.25) is 0 Å². The number of rotatable bonds is 1. The summed E-state index contributed by atoms with van der Waals surface area (Å²) in [6, 6.07) is 5.17. The Morgan fingerprint density at radius 2 is 2.06 bits per heavy atom. The first-order valence-electron chi connectivity index (χ1n) is 4.93. The lowest BCUT2D eigenvalue weighted by Gasteiger charge is -2.00. The van der Waals surface area contributed by atoms with Gasteiger partial charge in [-0.25, -0.2) is 13.8 Å². The van der Waals surface area contributed by atoms with Gasteiger partial charge in [0.25, 0.3) is 0 Å². The van der Waals surface area contributed by atoms with E-state index < -0.39 is 11.6 Å². The number of nitriles is 1. The van der Waals surface area contributed by atoms with Crippen LogP contribution in [-0.4, -0.2) is 9.55 Å². The molecular formula is C12H9F2N3. The second-order valence-corrected chi connectivity index (χ2v) is 3.65. The molecule has 0 saturated heterocycles. The summed E-state index contributed by atoms with van der Waals surface area (Å²) in [5.74, 6) is -0.780. The molecule has 3 nitrogen and oxygen atoms in total. The minimum absolute atomic E-state index is 0.131. The van der Waals surface area contributed by atoms with Crippen molar-refractivity contribution in [1.29, 1.82) is 5.26 Å². The van der Waals surface area contributed by atoms with E-state index in [1.165, 1.54) is 6.07 Å². The first kappa shape index (κ1) is 11.3. The Hall–Kier alpha value is -2.22. The van der Waals surface area contributed by atoms with Gasteiger partial charge >= 0.3 is 0 Å². The number of hydrogen-bond donors (Lipinski definition) is 0. The maximum absolute atomic E-state index is 13.6. The molecule has 0 aliphatic carbocycles. The second kappa shape index (κ2) is 3.98. The fourth-order valence-corrected chi connectivity index (χ4v) is 1.61. The van der Waals surface area contributed by atoms with Gasteiger partial charge in [-0.15, -0.1) is 0 Å². The first-order chi connectivity index (χ1) is 8.04. The molecule has 0 aliphatic heterocycles. The van der Waals surface area contributed by atoms with Crippen molar-refractivity contribution >= 4 is 0 Å². The van der Waals surface area contributed by atoms with Gasteiger partial charge in [0.2, 0.25) is 0 Å². The van der Waals surface area contributed by atoms with E-state index in [-0.39, 0.29) is 17.0 Å². The molecule has 2 aromatic rings. The molecule has 0 unspecified atom stereocenters. The van der Waals surface area contributed by atoms with Crippen LogP contribution < -0.4 is 0 Å². The molecule has 0 N–H and O–H groups in total. The van der Waals surface area contributed by atoms with Gasteiger partial charge in [0.05, 0.1) is 0 Å². The lowest BCUT2D eigenvalue weighted by molar-refractivity contribution is 0.585. The number of aryl methyl sites for hydroxylation is 1. The van der Waals surface area contributed by atoms with Crippen LogP contribution >= 0.6 is 0 Å². The molecule has 0 bridgehead atoms. The third-order valence-corrected chi connectivity index (χ3v) is 2.61. The van der Waals surface area contributed by atoms with Gasteiger partial charge in [0.1, 0.15) is 34.9 Å². The van der Waals surface area contributed by atoms with Gasteiger partial charge < -0.3 is 4.57 Å². The van der Waals surface area contributed by atoms with Crippen LogP contribution in [0.3, 0.4) is 0 Å². The zero-order valence-corrected chi connectivity index (χ0v) is 9.33. The summed E-state index contributed by atoms with van der Waals surface area (Å²) >= 11 is 0. The molecule has 0 aliphatic rings. The summed E-state index contributed by atoms with van der Waals surface area (Å²) in [7, 11) is 1.67. The lowest BCUT2D eigenvalue weighted by atomic mass is 10.1. The normalized spacial score (nSPS) is 10.3. The van der Waals surface area contributed by atoms with Gasteiger partial charge in [-0.3, -0.25) is 0 Å². The molecule has 0 atom stereocenters. The largest absolute Gasteiger partial charge is 0.323 e. The lowest BCUT2D eigenvalue weighted by Crippen LogP contribution is -1.95. The van der Waals surface area contributed by atoms with Crippen LogP contribution in [0, 0.1) is 29.9 Å². The molecule has 0 fully saturated rings. The number of hydrogen-bond acceptors (Lipinski definition) is 2. The Balaban J connectivity index is 2.69.